The molecule has 6 heteroatoms. The number of benzene rings is 1. The largest absolute Gasteiger partial charge is 0.333 e. The fourth-order valence-corrected chi connectivity index (χ4v) is 3.07. The van der Waals surface area contributed by atoms with Crippen LogP contribution in [0.3, 0.4) is 0 Å². The Morgan fingerprint density at radius 1 is 1.29 bits per heavy atom. The summed E-state index contributed by atoms with van der Waals surface area (Å²) in [5.41, 5.74) is 0. The van der Waals surface area contributed by atoms with Crippen LogP contribution >= 0.6 is 11.3 Å². The molecule has 0 aliphatic heterocycles. The molecule has 0 saturated carbocycles. The molecule has 1 heterocycles. The summed E-state index contributed by atoms with van der Waals surface area (Å²) in [5, 5.41) is 1.26. The first kappa shape index (κ1) is 9.54. The van der Waals surface area contributed by atoms with Crippen molar-refractivity contribution in [2.45, 2.75) is 4.90 Å². The monoisotopic (exact) mass is 234 g/mol. The van der Waals surface area contributed by atoms with Crippen molar-refractivity contribution < 1.29 is 16.7 Å². The van der Waals surface area contributed by atoms with Crippen molar-refractivity contribution in [3.63, 3.8) is 0 Å². The van der Waals surface area contributed by atoms with Crippen LogP contribution in [0.5, 0.6) is 0 Å². The molecule has 0 unspecified atom stereocenters. The summed E-state index contributed by atoms with van der Waals surface area (Å²) in [4.78, 5) is -0.461. The van der Waals surface area contributed by atoms with E-state index >= 15 is 0 Å². The standard InChI is InChI=1S/C8H4F2O2S2/c9-5-1-2-7-6(3-5)8(4-13-7)14(10,11)12/h1-4H. The molecule has 0 bridgehead atoms. The van der Waals surface area contributed by atoms with Crippen LogP contribution in [0.1, 0.15) is 0 Å². The van der Waals surface area contributed by atoms with Gasteiger partial charge in [-0.05, 0) is 18.2 Å². The number of thiophene rings is 1. The second-order valence-electron chi connectivity index (χ2n) is 2.68. The molecule has 0 saturated heterocycles. The maximum absolute atomic E-state index is 12.8. The zero-order valence-corrected chi connectivity index (χ0v) is 8.33. The van der Waals surface area contributed by atoms with E-state index in [1.807, 2.05) is 0 Å². The van der Waals surface area contributed by atoms with Gasteiger partial charge in [0.15, 0.2) is 0 Å². The Kier molecular flexibility index (Phi) is 2.04. The molecule has 14 heavy (non-hydrogen) atoms. The second-order valence-corrected chi connectivity index (χ2v) is 4.91. The molecule has 1 aromatic carbocycles. The van der Waals surface area contributed by atoms with Crippen LogP contribution in [0.2, 0.25) is 0 Å². The zero-order chi connectivity index (χ0) is 10.3. The van der Waals surface area contributed by atoms with Crippen LogP contribution in [-0.4, -0.2) is 8.42 Å². The molecular formula is C8H4F2O2S2. The van der Waals surface area contributed by atoms with Gasteiger partial charge in [0.25, 0.3) is 0 Å². The Balaban J connectivity index is 2.87. The van der Waals surface area contributed by atoms with E-state index in [1.165, 1.54) is 17.5 Å². The van der Waals surface area contributed by atoms with E-state index in [9.17, 15) is 16.7 Å². The van der Waals surface area contributed by atoms with Gasteiger partial charge in [0.1, 0.15) is 10.7 Å². The lowest BCUT2D eigenvalue weighted by Gasteiger charge is -1.92. The van der Waals surface area contributed by atoms with Crippen molar-refractivity contribution in [3.05, 3.63) is 29.4 Å². The van der Waals surface area contributed by atoms with E-state index in [0.717, 1.165) is 17.4 Å². The van der Waals surface area contributed by atoms with E-state index in [2.05, 4.69) is 0 Å². The van der Waals surface area contributed by atoms with E-state index in [0.29, 0.717) is 4.70 Å². The Morgan fingerprint density at radius 3 is 2.64 bits per heavy atom. The number of fused-ring (bicyclic) bond motifs is 1. The molecule has 0 spiro atoms. The Morgan fingerprint density at radius 2 is 2.00 bits per heavy atom. The van der Waals surface area contributed by atoms with Crippen molar-refractivity contribution in [2.75, 3.05) is 0 Å². The number of hydrogen-bond acceptors (Lipinski definition) is 3. The lowest BCUT2D eigenvalue weighted by Crippen LogP contribution is -1.89. The lowest BCUT2D eigenvalue weighted by molar-refractivity contribution is 0.553. The highest BCUT2D eigenvalue weighted by molar-refractivity contribution is 7.86. The van der Waals surface area contributed by atoms with Crippen molar-refractivity contribution in [1.82, 2.24) is 0 Å². The van der Waals surface area contributed by atoms with Crippen LogP contribution in [-0.2, 0) is 10.2 Å². The lowest BCUT2D eigenvalue weighted by atomic mass is 10.2. The van der Waals surface area contributed by atoms with Crippen molar-refractivity contribution in [1.29, 1.82) is 0 Å². The van der Waals surface area contributed by atoms with Gasteiger partial charge in [0.2, 0.25) is 0 Å². The highest BCUT2D eigenvalue weighted by Gasteiger charge is 2.17. The molecule has 2 nitrogen and oxygen atoms in total. The highest BCUT2D eigenvalue weighted by atomic mass is 32.3. The predicted octanol–water partition coefficient (Wildman–Crippen LogP) is 2.70. The maximum atomic E-state index is 12.8. The third-order valence-electron chi connectivity index (χ3n) is 1.76. The fraction of sp³-hybridized carbons (Fsp3) is 0. The van der Waals surface area contributed by atoms with Gasteiger partial charge >= 0.3 is 10.2 Å². The average molecular weight is 234 g/mol. The molecule has 2 rings (SSSR count). The summed E-state index contributed by atoms with van der Waals surface area (Å²) in [7, 11) is -4.76. The highest BCUT2D eigenvalue weighted by Crippen LogP contribution is 2.30. The van der Waals surface area contributed by atoms with Crippen molar-refractivity contribution >= 4 is 31.6 Å². The topological polar surface area (TPSA) is 34.1 Å². The summed E-state index contributed by atoms with van der Waals surface area (Å²) < 4.78 is 47.3. The number of hydrogen-bond donors (Lipinski definition) is 0. The molecule has 0 amide bonds. The summed E-state index contributed by atoms with van der Waals surface area (Å²) in [5.74, 6) is -0.583. The molecule has 0 aliphatic carbocycles. The third kappa shape index (κ3) is 1.51. The first-order valence-corrected chi connectivity index (χ1v) is 5.86. The molecule has 1 aromatic heterocycles. The first-order chi connectivity index (χ1) is 6.48. The Hall–Kier alpha value is -1.01. The molecule has 2 aromatic rings. The maximum Gasteiger partial charge on any atom is 0.333 e. The van der Waals surface area contributed by atoms with Crippen molar-refractivity contribution in [2.24, 2.45) is 0 Å². The van der Waals surface area contributed by atoms with Gasteiger partial charge < -0.3 is 0 Å². The average Bonchev–Trinajstić information content (AvgIpc) is 2.45. The van der Waals surface area contributed by atoms with Gasteiger partial charge in [-0.3, -0.25) is 0 Å². The van der Waals surface area contributed by atoms with Gasteiger partial charge in [-0.15, -0.1) is 15.2 Å². The molecule has 0 fully saturated rings. The van der Waals surface area contributed by atoms with Crippen LogP contribution in [0.25, 0.3) is 10.1 Å². The molecule has 0 radical (unpaired) electrons. The summed E-state index contributed by atoms with van der Waals surface area (Å²) in [6.45, 7) is 0. The predicted molar refractivity (Wildman–Crippen MR) is 50.1 cm³/mol. The minimum Gasteiger partial charge on any atom is -0.207 e. The molecular weight excluding hydrogens is 230 g/mol. The fourth-order valence-electron chi connectivity index (χ4n) is 1.17. The molecule has 0 aliphatic rings. The number of rotatable bonds is 1. The Labute approximate surface area is 83.0 Å². The normalized spacial score (nSPS) is 12.1. The van der Waals surface area contributed by atoms with Gasteiger partial charge in [0, 0.05) is 15.5 Å². The molecule has 0 atom stereocenters. The first-order valence-electron chi connectivity index (χ1n) is 3.60. The van der Waals surface area contributed by atoms with Gasteiger partial charge in [0.05, 0.1) is 0 Å². The van der Waals surface area contributed by atoms with Gasteiger partial charge in [-0.2, -0.15) is 8.42 Å². The minimum absolute atomic E-state index is 0.0949. The van der Waals surface area contributed by atoms with E-state index in [4.69, 9.17) is 0 Å². The van der Waals surface area contributed by atoms with Crippen LogP contribution in [0.15, 0.2) is 28.5 Å². The van der Waals surface area contributed by atoms with Crippen LogP contribution < -0.4 is 0 Å². The summed E-state index contributed by atoms with van der Waals surface area (Å²) in [6, 6.07) is 3.63. The smallest absolute Gasteiger partial charge is 0.207 e. The Bertz CT molecular complexity index is 586. The van der Waals surface area contributed by atoms with Gasteiger partial charge in [-0.1, -0.05) is 0 Å². The molecule has 0 N–H and O–H groups in total. The summed E-state index contributed by atoms with van der Waals surface area (Å²) >= 11 is 1.06. The molecule has 74 valence electrons. The minimum atomic E-state index is -4.76. The van der Waals surface area contributed by atoms with Crippen LogP contribution in [0.4, 0.5) is 8.28 Å². The van der Waals surface area contributed by atoms with Gasteiger partial charge in [-0.25, -0.2) is 4.39 Å². The van der Waals surface area contributed by atoms with Crippen LogP contribution in [0, 0.1) is 5.82 Å². The quantitative estimate of drug-likeness (QED) is 0.711. The van der Waals surface area contributed by atoms with E-state index < -0.39 is 20.9 Å². The zero-order valence-electron chi connectivity index (χ0n) is 6.70. The second kappa shape index (κ2) is 2.99. The van der Waals surface area contributed by atoms with E-state index in [1.54, 1.807) is 0 Å². The SMILES string of the molecule is O=S(=O)(F)c1csc2ccc(F)cc12. The number of halogens is 2. The third-order valence-corrected chi connectivity index (χ3v) is 3.74. The van der Waals surface area contributed by atoms with Crippen molar-refractivity contribution in [3.8, 4) is 0 Å². The van der Waals surface area contributed by atoms with E-state index in [-0.39, 0.29) is 5.39 Å². The summed E-state index contributed by atoms with van der Waals surface area (Å²) in [6.07, 6.45) is 0.